The van der Waals surface area contributed by atoms with Crippen molar-refractivity contribution in [1.82, 2.24) is 0 Å². The quantitative estimate of drug-likeness (QED) is 0.789. The van der Waals surface area contributed by atoms with Gasteiger partial charge in [-0.25, -0.2) is 4.79 Å². The smallest absolute Gasteiger partial charge is 0.343 e. The van der Waals surface area contributed by atoms with Gasteiger partial charge in [0.1, 0.15) is 11.7 Å². The molecule has 1 saturated heterocycles. The summed E-state index contributed by atoms with van der Waals surface area (Å²) in [5, 5.41) is 0.601. The molecule has 0 aromatic heterocycles. The van der Waals surface area contributed by atoms with Gasteiger partial charge in [0, 0.05) is 5.02 Å². The van der Waals surface area contributed by atoms with Crippen LogP contribution in [0.4, 0.5) is 0 Å². The van der Waals surface area contributed by atoms with Crippen LogP contribution in [-0.2, 0) is 23.7 Å². The Hall–Kier alpha value is -1.56. The highest BCUT2D eigenvalue weighted by atomic mass is 35.5. The van der Waals surface area contributed by atoms with Crippen molar-refractivity contribution in [3.05, 3.63) is 40.6 Å². The van der Waals surface area contributed by atoms with Crippen molar-refractivity contribution in [2.45, 2.75) is 38.8 Å². The van der Waals surface area contributed by atoms with Crippen LogP contribution in [-0.4, -0.2) is 37.2 Å². The lowest BCUT2D eigenvalue weighted by Gasteiger charge is -2.22. The Balaban J connectivity index is 1.96. The Morgan fingerprint density at radius 2 is 2.00 bits per heavy atom. The van der Waals surface area contributed by atoms with Crippen LogP contribution in [0, 0.1) is 0 Å². The minimum Gasteiger partial charge on any atom is -0.493 e. The Kier molecular flexibility index (Phi) is 4.36. The topological polar surface area (TPSA) is 54.0 Å². The molecule has 0 bridgehead atoms. The first-order valence-corrected chi connectivity index (χ1v) is 7.95. The minimum atomic E-state index is -0.697. The second kappa shape index (κ2) is 6.15. The molecule has 6 heteroatoms. The van der Waals surface area contributed by atoms with Gasteiger partial charge in [0.05, 0.1) is 13.2 Å². The predicted molar refractivity (Wildman–Crippen MR) is 84.8 cm³/mol. The molecule has 3 rings (SSSR count). The number of hydrogen-bond acceptors (Lipinski definition) is 5. The van der Waals surface area contributed by atoms with E-state index >= 15 is 0 Å². The molecular formula is C17H19ClO5. The fourth-order valence-electron chi connectivity index (χ4n) is 2.77. The third kappa shape index (κ3) is 3.22. The summed E-state index contributed by atoms with van der Waals surface area (Å²) in [7, 11) is 0. The predicted octanol–water partition coefficient (Wildman–Crippen LogP) is 3.16. The molecule has 0 amide bonds. The van der Waals surface area contributed by atoms with Gasteiger partial charge in [-0.1, -0.05) is 23.7 Å². The van der Waals surface area contributed by atoms with E-state index in [1.807, 2.05) is 20.8 Å². The van der Waals surface area contributed by atoms with Crippen molar-refractivity contribution in [2.24, 2.45) is 0 Å². The normalized spacial score (nSPS) is 26.5. The van der Waals surface area contributed by atoms with Crippen molar-refractivity contribution in [1.29, 1.82) is 0 Å². The number of benzene rings is 1. The van der Waals surface area contributed by atoms with Crippen molar-refractivity contribution >= 4 is 23.1 Å². The van der Waals surface area contributed by atoms with Crippen LogP contribution < -0.4 is 0 Å². The van der Waals surface area contributed by atoms with Crippen LogP contribution in [0.3, 0.4) is 0 Å². The van der Waals surface area contributed by atoms with Crippen LogP contribution >= 0.6 is 11.6 Å². The summed E-state index contributed by atoms with van der Waals surface area (Å²) >= 11 is 5.92. The van der Waals surface area contributed by atoms with Gasteiger partial charge in [-0.3, -0.25) is 0 Å². The number of ether oxygens (including phenoxy) is 4. The Labute approximate surface area is 140 Å². The van der Waals surface area contributed by atoms with E-state index in [4.69, 9.17) is 30.5 Å². The van der Waals surface area contributed by atoms with Crippen LogP contribution in [0.5, 0.6) is 0 Å². The maximum absolute atomic E-state index is 12.4. The molecule has 0 radical (unpaired) electrons. The molecule has 23 heavy (non-hydrogen) atoms. The van der Waals surface area contributed by atoms with Crippen molar-refractivity contribution < 1.29 is 23.7 Å². The largest absolute Gasteiger partial charge is 0.493 e. The summed E-state index contributed by atoms with van der Waals surface area (Å²) in [6, 6.07) is 7.01. The van der Waals surface area contributed by atoms with Crippen molar-refractivity contribution in [2.75, 3.05) is 13.2 Å². The monoisotopic (exact) mass is 338 g/mol. The van der Waals surface area contributed by atoms with Gasteiger partial charge in [0.15, 0.2) is 17.7 Å². The van der Waals surface area contributed by atoms with Gasteiger partial charge < -0.3 is 18.9 Å². The molecule has 0 saturated carbocycles. The molecule has 124 valence electrons. The first-order valence-electron chi connectivity index (χ1n) is 7.57. The number of carbonyl (C=O) groups is 1. The SMILES string of the molecule is CCOC1=C(c2ccc(Cl)cc2)C(=O)O[C@@H]1[C@@H]1COC(C)(C)O1. The van der Waals surface area contributed by atoms with Gasteiger partial charge in [-0.05, 0) is 38.5 Å². The Bertz CT molecular complexity index is 635. The number of halogens is 1. The van der Waals surface area contributed by atoms with E-state index in [2.05, 4.69) is 0 Å². The number of hydrogen-bond donors (Lipinski definition) is 0. The molecule has 0 aliphatic carbocycles. The van der Waals surface area contributed by atoms with Crippen LogP contribution in [0.2, 0.25) is 5.02 Å². The van der Waals surface area contributed by atoms with E-state index in [-0.39, 0.29) is 6.10 Å². The summed E-state index contributed by atoms with van der Waals surface area (Å²) < 4.78 is 22.7. The molecule has 2 aliphatic heterocycles. The first kappa shape index (κ1) is 16.3. The van der Waals surface area contributed by atoms with E-state index in [0.29, 0.717) is 35.1 Å². The zero-order chi connectivity index (χ0) is 16.6. The first-order chi connectivity index (χ1) is 10.9. The number of esters is 1. The Morgan fingerprint density at radius 3 is 2.57 bits per heavy atom. The molecule has 1 aromatic rings. The molecule has 2 aliphatic rings. The zero-order valence-electron chi connectivity index (χ0n) is 13.3. The highest BCUT2D eigenvalue weighted by Gasteiger charge is 2.47. The lowest BCUT2D eigenvalue weighted by molar-refractivity contribution is -0.162. The fraction of sp³-hybridized carbons (Fsp3) is 0.471. The van der Waals surface area contributed by atoms with Gasteiger partial charge in [-0.15, -0.1) is 0 Å². The maximum Gasteiger partial charge on any atom is 0.343 e. The Morgan fingerprint density at radius 1 is 1.30 bits per heavy atom. The van der Waals surface area contributed by atoms with Crippen molar-refractivity contribution in [3.8, 4) is 0 Å². The minimum absolute atomic E-state index is 0.343. The van der Waals surface area contributed by atoms with E-state index in [0.717, 1.165) is 0 Å². The summed E-state index contributed by atoms with van der Waals surface area (Å²) in [6.45, 7) is 6.29. The van der Waals surface area contributed by atoms with Gasteiger partial charge >= 0.3 is 5.97 Å². The van der Waals surface area contributed by atoms with Crippen LogP contribution in [0.15, 0.2) is 30.0 Å². The average Bonchev–Trinajstić information content (AvgIpc) is 3.01. The van der Waals surface area contributed by atoms with Gasteiger partial charge in [-0.2, -0.15) is 0 Å². The number of cyclic esters (lactones) is 1. The van der Waals surface area contributed by atoms with E-state index in [1.165, 1.54) is 0 Å². The van der Waals surface area contributed by atoms with E-state index < -0.39 is 17.9 Å². The summed E-state index contributed by atoms with van der Waals surface area (Å²) in [6.07, 6.45) is -0.991. The molecule has 1 aromatic carbocycles. The van der Waals surface area contributed by atoms with E-state index in [1.54, 1.807) is 24.3 Å². The molecule has 2 heterocycles. The standard InChI is InChI=1S/C17H19ClO5/c1-4-20-15-13(10-5-7-11(18)8-6-10)16(19)22-14(15)12-9-21-17(2,3)23-12/h5-8,12,14H,4,9H2,1-3H3/t12-,14+/m0/s1. The van der Waals surface area contributed by atoms with Gasteiger partial charge in [0.25, 0.3) is 0 Å². The van der Waals surface area contributed by atoms with Crippen molar-refractivity contribution in [3.63, 3.8) is 0 Å². The highest BCUT2D eigenvalue weighted by molar-refractivity contribution is 6.30. The lowest BCUT2D eigenvalue weighted by atomic mass is 10.0. The molecule has 2 atom stereocenters. The van der Waals surface area contributed by atoms with Crippen LogP contribution in [0.1, 0.15) is 26.3 Å². The van der Waals surface area contributed by atoms with E-state index in [9.17, 15) is 4.79 Å². The maximum atomic E-state index is 12.4. The highest BCUT2D eigenvalue weighted by Crippen LogP contribution is 2.37. The third-order valence-corrected chi connectivity index (χ3v) is 4.00. The van der Waals surface area contributed by atoms with Gasteiger partial charge in [0.2, 0.25) is 0 Å². The van der Waals surface area contributed by atoms with Crippen LogP contribution in [0.25, 0.3) is 5.57 Å². The number of rotatable bonds is 4. The molecule has 1 fully saturated rings. The summed E-state index contributed by atoms with van der Waals surface area (Å²) in [4.78, 5) is 12.4. The molecule has 0 spiro atoms. The average molecular weight is 339 g/mol. The zero-order valence-corrected chi connectivity index (χ0v) is 14.1. The molecular weight excluding hydrogens is 320 g/mol. The third-order valence-electron chi connectivity index (χ3n) is 3.74. The molecule has 0 N–H and O–H groups in total. The summed E-state index contributed by atoms with van der Waals surface area (Å²) in [5.41, 5.74) is 1.13. The fourth-order valence-corrected chi connectivity index (χ4v) is 2.89. The second-order valence-electron chi connectivity index (χ2n) is 5.87. The summed E-state index contributed by atoms with van der Waals surface area (Å²) in [5.74, 6) is -0.627. The molecule has 0 unspecified atom stereocenters. The number of carbonyl (C=O) groups excluding carboxylic acids is 1. The molecule has 5 nitrogen and oxygen atoms in total. The lowest BCUT2D eigenvalue weighted by Crippen LogP contribution is -2.33. The second-order valence-corrected chi connectivity index (χ2v) is 6.31.